The van der Waals surface area contributed by atoms with E-state index in [2.05, 4.69) is 23.2 Å². The van der Waals surface area contributed by atoms with Crippen LogP contribution in [0.2, 0.25) is 0 Å². The number of fused-ring (bicyclic) bond motifs is 1. The van der Waals surface area contributed by atoms with Crippen LogP contribution < -0.4 is 11.1 Å². The lowest BCUT2D eigenvalue weighted by Crippen LogP contribution is -2.29. The van der Waals surface area contributed by atoms with Crippen molar-refractivity contribution in [3.63, 3.8) is 0 Å². The van der Waals surface area contributed by atoms with Crippen LogP contribution in [0.15, 0.2) is 54.7 Å². The number of halogens is 3. The molecule has 0 radical (unpaired) electrons. The maximum Gasteiger partial charge on any atom is 0.418 e. The summed E-state index contributed by atoms with van der Waals surface area (Å²) in [5.74, 6) is 0. The van der Waals surface area contributed by atoms with E-state index in [0.29, 0.717) is 11.2 Å². The fraction of sp³-hybridized carbons (Fsp3) is 0.346. The number of hydrogen-bond donors (Lipinski definition) is 2. The first-order valence-electron chi connectivity index (χ1n) is 11.6. The number of para-hydroxylation sites is 1. The molecule has 0 saturated heterocycles. The Morgan fingerprint density at radius 3 is 2.62 bits per heavy atom. The second-order valence-corrected chi connectivity index (χ2v) is 9.08. The molecule has 0 fully saturated rings. The van der Waals surface area contributed by atoms with Crippen molar-refractivity contribution in [3.8, 4) is 5.69 Å². The number of hydrogen-bond acceptors (Lipinski definition) is 2. The number of aromatic nitrogens is 1. The maximum absolute atomic E-state index is 13.8. The molecular formula is C26H29F3N4S. The highest BCUT2D eigenvalue weighted by Crippen LogP contribution is 2.38. The van der Waals surface area contributed by atoms with Gasteiger partial charge in [0.25, 0.3) is 0 Å². The van der Waals surface area contributed by atoms with Crippen LogP contribution in [0.3, 0.4) is 0 Å². The zero-order chi connectivity index (χ0) is 24.3. The van der Waals surface area contributed by atoms with E-state index < -0.39 is 11.7 Å². The van der Waals surface area contributed by atoms with Gasteiger partial charge in [0.05, 0.1) is 16.8 Å². The Morgan fingerprint density at radius 2 is 1.94 bits per heavy atom. The number of alkyl halides is 3. The smallest absolute Gasteiger partial charge is 0.376 e. The molecular weight excluding hydrogens is 457 g/mol. The molecule has 0 atom stereocenters. The molecule has 0 saturated carbocycles. The summed E-state index contributed by atoms with van der Waals surface area (Å²) in [5, 5.41) is 3.95. The largest absolute Gasteiger partial charge is 0.418 e. The van der Waals surface area contributed by atoms with Gasteiger partial charge >= 0.3 is 6.18 Å². The zero-order valence-corrected chi connectivity index (χ0v) is 20.0. The van der Waals surface area contributed by atoms with Crippen molar-refractivity contribution in [1.82, 2.24) is 9.47 Å². The van der Waals surface area contributed by atoms with E-state index in [1.807, 2.05) is 18.3 Å². The maximum atomic E-state index is 13.8. The van der Waals surface area contributed by atoms with Gasteiger partial charge in [-0.05, 0) is 67.5 Å². The Bertz CT molecular complexity index is 1210. The van der Waals surface area contributed by atoms with Crippen LogP contribution in [0.4, 0.5) is 18.9 Å². The molecule has 2 heterocycles. The summed E-state index contributed by atoms with van der Waals surface area (Å²) in [6.45, 7) is 5.05. The lowest BCUT2D eigenvalue weighted by atomic mass is 9.98. The minimum Gasteiger partial charge on any atom is -0.376 e. The van der Waals surface area contributed by atoms with E-state index in [-0.39, 0.29) is 10.8 Å². The molecule has 0 spiro atoms. The van der Waals surface area contributed by atoms with E-state index in [0.717, 1.165) is 48.6 Å². The van der Waals surface area contributed by atoms with Gasteiger partial charge in [-0.1, -0.05) is 38.0 Å². The summed E-state index contributed by atoms with van der Waals surface area (Å²) in [6, 6.07) is 11.2. The summed E-state index contributed by atoms with van der Waals surface area (Å²) >= 11 is 4.97. The first-order chi connectivity index (χ1) is 16.3. The number of rotatable bonds is 7. The first kappa shape index (κ1) is 24.3. The van der Waals surface area contributed by atoms with Crippen LogP contribution in [0.1, 0.15) is 43.7 Å². The number of nitrogens with one attached hydrogen (secondary N) is 1. The lowest BCUT2D eigenvalue weighted by molar-refractivity contribution is -0.137. The fourth-order valence-electron chi connectivity index (χ4n) is 4.57. The minimum atomic E-state index is -4.45. The highest BCUT2D eigenvalue weighted by Gasteiger charge is 2.34. The van der Waals surface area contributed by atoms with Gasteiger partial charge in [0.15, 0.2) is 5.11 Å². The average Bonchev–Trinajstić information content (AvgIpc) is 3.17. The summed E-state index contributed by atoms with van der Waals surface area (Å²) in [5.41, 5.74) is 8.59. The minimum absolute atomic E-state index is 0.110. The number of benzene rings is 2. The van der Waals surface area contributed by atoms with Gasteiger partial charge < -0.3 is 15.6 Å². The molecule has 180 valence electrons. The molecule has 3 N–H and O–H groups in total. The second-order valence-electron chi connectivity index (χ2n) is 8.64. The van der Waals surface area contributed by atoms with Crippen molar-refractivity contribution in [2.75, 3.05) is 25.0 Å². The molecule has 8 heteroatoms. The molecule has 4 nitrogen and oxygen atoms in total. The predicted octanol–water partition coefficient (Wildman–Crippen LogP) is 6.58. The van der Waals surface area contributed by atoms with Crippen molar-refractivity contribution < 1.29 is 13.2 Å². The fourth-order valence-corrected chi connectivity index (χ4v) is 4.69. The van der Waals surface area contributed by atoms with E-state index in [1.54, 1.807) is 16.7 Å². The SMILES string of the molecule is CCCCCN1CC=C(c2cn(-c3ccccc3C(F)(F)F)c3ccc(NC(N)=S)cc23)CC1. The highest BCUT2D eigenvalue weighted by molar-refractivity contribution is 7.80. The van der Waals surface area contributed by atoms with Gasteiger partial charge in [0.2, 0.25) is 0 Å². The predicted molar refractivity (Wildman–Crippen MR) is 137 cm³/mol. The molecule has 1 aliphatic heterocycles. The third-order valence-corrected chi connectivity index (χ3v) is 6.36. The molecule has 34 heavy (non-hydrogen) atoms. The number of nitrogens with two attached hydrogens (primary N) is 1. The molecule has 1 aliphatic rings. The summed E-state index contributed by atoms with van der Waals surface area (Å²) in [7, 11) is 0. The van der Waals surface area contributed by atoms with E-state index in [1.165, 1.54) is 31.4 Å². The second kappa shape index (κ2) is 10.2. The van der Waals surface area contributed by atoms with Crippen LogP contribution in [-0.2, 0) is 6.18 Å². The molecule has 1 aromatic heterocycles. The Morgan fingerprint density at radius 1 is 1.15 bits per heavy atom. The number of nitrogens with zero attached hydrogens (tertiary/aromatic N) is 2. The standard InChI is InChI=1S/C26H29F3N4S/c1-2-3-6-13-32-14-11-18(12-15-32)21-17-33(24-8-5-4-7-22(24)26(27,28)29)23-10-9-19(16-20(21)23)31-25(30)34/h4-5,7-11,16-17H,2-3,6,12-15H2,1H3,(H3,30,31,34). The molecule has 0 bridgehead atoms. The average molecular weight is 487 g/mol. The van der Waals surface area contributed by atoms with Crippen LogP contribution in [0, 0.1) is 0 Å². The van der Waals surface area contributed by atoms with Crippen LogP contribution in [0.25, 0.3) is 22.2 Å². The molecule has 4 rings (SSSR count). The van der Waals surface area contributed by atoms with Crippen molar-refractivity contribution in [3.05, 3.63) is 65.9 Å². The Labute approximate surface area is 203 Å². The van der Waals surface area contributed by atoms with Crippen molar-refractivity contribution >= 4 is 39.5 Å². The third kappa shape index (κ3) is 5.28. The van der Waals surface area contributed by atoms with Crippen LogP contribution in [0.5, 0.6) is 0 Å². The molecule has 2 aromatic carbocycles. The molecule has 3 aromatic rings. The van der Waals surface area contributed by atoms with Gasteiger partial charge in [-0.2, -0.15) is 13.2 Å². The number of unbranched alkanes of at least 4 members (excludes halogenated alkanes) is 2. The van der Waals surface area contributed by atoms with Gasteiger partial charge in [-0.25, -0.2) is 0 Å². The lowest BCUT2D eigenvalue weighted by Gasteiger charge is -2.26. The van der Waals surface area contributed by atoms with Gasteiger partial charge in [0, 0.05) is 35.9 Å². The van der Waals surface area contributed by atoms with Gasteiger partial charge in [0.1, 0.15) is 0 Å². The Kier molecular flexibility index (Phi) is 7.28. The molecule has 0 amide bonds. The molecule has 0 unspecified atom stereocenters. The van der Waals surface area contributed by atoms with E-state index in [4.69, 9.17) is 18.0 Å². The molecule has 0 aliphatic carbocycles. The van der Waals surface area contributed by atoms with E-state index in [9.17, 15) is 13.2 Å². The van der Waals surface area contributed by atoms with Crippen molar-refractivity contribution in [1.29, 1.82) is 0 Å². The summed E-state index contributed by atoms with van der Waals surface area (Å²) in [6.07, 6.45) is 4.02. The van der Waals surface area contributed by atoms with Crippen molar-refractivity contribution in [2.45, 2.75) is 38.8 Å². The third-order valence-electron chi connectivity index (χ3n) is 6.26. The van der Waals surface area contributed by atoms with Gasteiger partial charge in [-0.15, -0.1) is 0 Å². The summed E-state index contributed by atoms with van der Waals surface area (Å²) < 4.78 is 43.1. The monoisotopic (exact) mass is 486 g/mol. The highest BCUT2D eigenvalue weighted by atomic mass is 32.1. The van der Waals surface area contributed by atoms with Gasteiger partial charge in [-0.3, -0.25) is 4.90 Å². The first-order valence-corrected chi connectivity index (χ1v) is 12.0. The number of anilines is 1. The summed E-state index contributed by atoms with van der Waals surface area (Å²) in [4.78, 5) is 2.43. The van der Waals surface area contributed by atoms with Crippen LogP contribution in [-0.4, -0.2) is 34.2 Å². The van der Waals surface area contributed by atoms with E-state index >= 15 is 0 Å². The van der Waals surface area contributed by atoms with Crippen molar-refractivity contribution in [2.24, 2.45) is 5.73 Å². The Balaban J connectivity index is 1.79. The normalized spacial score (nSPS) is 14.9. The topological polar surface area (TPSA) is 46.2 Å². The Hall–Kier alpha value is -2.84. The quantitative estimate of drug-likeness (QED) is 0.292. The van der Waals surface area contributed by atoms with Crippen LogP contribution >= 0.6 is 12.2 Å². The zero-order valence-electron chi connectivity index (χ0n) is 19.2. The number of thiocarbonyl (C=S) groups is 1.